The zero-order valence-electron chi connectivity index (χ0n) is 19.3. The highest BCUT2D eigenvalue weighted by atomic mass is 35.5. The first-order chi connectivity index (χ1) is 16.2. The minimum absolute atomic E-state index is 0.388. The zero-order chi connectivity index (χ0) is 22.6. The van der Waals surface area contributed by atoms with E-state index in [4.69, 9.17) is 16.3 Å². The smallest absolute Gasteiger partial charge is 0.135 e. The Kier molecular flexibility index (Phi) is 7.36. The molecule has 6 nitrogen and oxygen atoms in total. The Morgan fingerprint density at radius 3 is 2.58 bits per heavy atom. The number of pyridine rings is 1. The lowest BCUT2D eigenvalue weighted by Crippen LogP contribution is -2.47. The van der Waals surface area contributed by atoms with Gasteiger partial charge in [-0.05, 0) is 68.3 Å². The monoisotopic (exact) mass is 470 g/mol. The van der Waals surface area contributed by atoms with Gasteiger partial charge < -0.3 is 14.7 Å². The van der Waals surface area contributed by atoms with Gasteiger partial charge in [0, 0.05) is 55.4 Å². The second-order valence-electron chi connectivity index (χ2n) is 9.67. The summed E-state index contributed by atoms with van der Waals surface area (Å²) in [6.45, 7) is 6.28. The molecule has 3 aliphatic rings. The second-order valence-corrected chi connectivity index (χ2v) is 10.1. The second kappa shape index (κ2) is 10.6. The van der Waals surface area contributed by atoms with Crippen molar-refractivity contribution in [1.82, 2.24) is 15.2 Å². The number of hydrogen-bond acceptors (Lipinski definition) is 6. The van der Waals surface area contributed by atoms with Gasteiger partial charge in [0.2, 0.25) is 0 Å². The highest BCUT2D eigenvalue weighted by Crippen LogP contribution is 2.33. The van der Waals surface area contributed by atoms with Gasteiger partial charge in [0.1, 0.15) is 17.8 Å². The third kappa shape index (κ3) is 5.62. The van der Waals surface area contributed by atoms with Gasteiger partial charge >= 0.3 is 0 Å². The molecule has 2 aromatic rings. The number of aromatic nitrogens is 1. The number of benzene rings is 1. The fourth-order valence-corrected chi connectivity index (χ4v) is 5.63. The summed E-state index contributed by atoms with van der Waals surface area (Å²) >= 11 is 5.95. The summed E-state index contributed by atoms with van der Waals surface area (Å²) in [5.41, 5.74) is 2.17. The first-order valence-electron chi connectivity index (χ1n) is 12.4. The summed E-state index contributed by atoms with van der Waals surface area (Å²) in [5.74, 6) is 2.95. The van der Waals surface area contributed by atoms with E-state index in [1.54, 1.807) is 0 Å². The van der Waals surface area contributed by atoms with Crippen LogP contribution in [0.5, 0.6) is 5.75 Å². The molecule has 0 amide bonds. The molecule has 1 unspecified atom stereocenters. The van der Waals surface area contributed by atoms with Crippen LogP contribution in [0.1, 0.15) is 49.5 Å². The van der Waals surface area contributed by atoms with E-state index in [1.165, 1.54) is 31.4 Å². The zero-order valence-corrected chi connectivity index (χ0v) is 20.0. The quantitative estimate of drug-likeness (QED) is 0.596. The molecule has 1 saturated heterocycles. The van der Waals surface area contributed by atoms with Gasteiger partial charge in [-0.3, -0.25) is 10.2 Å². The van der Waals surface area contributed by atoms with Crippen molar-refractivity contribution in [2.24, 2.45) is 5.92 Å². The van der Waals surface area contributed by atoms with Crippen LogP contribution in [0, 0.1) is 5.92 Å². The number of anilines is 1. The lowest BCUT2D eigenvalue weighted by atomic mass is 9.84. The molecule has 3 heterocycles. The number of piperazine rings is 1. The standard InChI is InChI=1S/C26H35ClN4O2/c27-21-5-3-20(4-6-21)26(32)29-22-7-1-19(2-8-22)10-13-30-14-16-31(17-15-30)25-23-11-18-33-24(23)9-12-28-25/h3-6,9,12,19,22,26,29,32H,1-2,7-8,10-11,13-18H2. The van der Waals surface area contributed by atoms with Crippen LogP contribution in [0.4, 0.5) is 5.82 Å². The number of hydrogen-bond donors (Lipinski definition) is 2. The van der Waals surface area contributed by atoms with E-state index >= 15 is 0 Å². The minimum atomic E-state index is -0.619. The fraction of sp³-hybridized carbons (Fsp3) is 0.577. The van der Waals surface area contributed by atoms with Crippen molar-refractivity contribution in [2.45, 2.75) is 50.8 Å². The van der Waals surface area contributed by atoms with Gasteiger partial charge in [-0.25, -0.2) is 4.98 Å². The number of nitrogens with one attached hydrogen (secondary N) is 1. The number of aliphatic hydroxyl groups is 1. The van der Waals surface area contributed by atoms with Crippen molar-refractivity contribution in [1.29, 1.82) is 0 Å². The van der Waals surface area contributed by atoms with Crippen LogP contribution in [0.25, 0.3) is 0 Å². The summed E-state index contributed by atoms with van der Waals surface area (Å²) in [5, 5.41) is 14.6. The van der Waals surface area contributed by atoms with E-state index in [9.17, 15) is 5.11 Å². The van der Waals surface area contributed by atoms with E-state index in [1.807, 2.05) is 36.5 Å². The van der Waals surface area contributed by atoms with E-state index in [-0.39, 0.29) is 0 Å². The molecule has 2 N–H and O–H groups in total. The molecule has 1 atom stereocenters. The summed E-state index contributed by atoms with van der Waals surface area (Å²) in [6, 6.07) is 9.82. The van der Waals surface area contributed by atoms with Crippen LogP contribution in [-0.4, -0.2) is 60.4 Å². The normalized spacial score (nSPS) is 24.4. The van der Waals surface area contributed by atoms with E-state index in [0.717, 1.165) is 75.1 Å². The summed E-state index contributed by atoms with van der Waals surface area (Å²) < 4.78 is 5.71. The van der Waals surface area contributed by atoms with Crippen LogP contribution < -0.4 is 15.0 Å². The molecule has 2 fully saturated rings. The van der Waals surface area contributed by atoms with E-state index in [0.29, 0.717) is 11.1 Å². The lowest BCUT2D eigenvalue weighted by molar-refractivity contribution is 0.106. The Morgan fingerprint density at radius 2 is 1.82 bits per heavy atom. The number of rotatable bonds is 7. The molecule has 1 saturated carbocycles. The minimum Gasteiger partial charge on any atom is -0.493 e. The molecule has 7 heteroatoms. The molecule has 33 heavy (non-hydrogen) atoms. The summed E-state index contributed by atoms with van der Waals surface area (Å²) in [7, 11) is 0. The summed E-state index contributed by atoms with van der Waals surface area (Å²) in [4.78, 5) is 9.72. The van der Waals surface area contributed by atoms with Crippen LogP contribution >= 0.6 is 11.6 Å². The van der Waals surface area contributed by atoms with Gasteiger partial charge in [-0.2, -0.15) is 0 Å². The average molecular weight is 471 g/mol. The van der Waals surface area contributed by atoms with Gasteiger partial charge in [0.25, 0.3) is 0 Å². The Morgan fingerprint density at radius 1 is 1.06 bits per heavy atom. The van der Waals surface area contributed by atoms with Crippen LogP contribution in [0.3, 0.4) is 0 Å². The molecular weight excluding hydrogens is 436 g/mol. The largest absolute Gasteiger partial charge is 0.493 e. The topological polar surface area (TPSA) is 60.9 Å². The Hall–Kier alpha value is -1.86. The van der Waals surface area contributed by atoms with Crippen molar-refractivity contribution in [3.05, 3.63) is 52.7 Å². The first-order valence-corrected chi connectivity index (χ1v) is 12.8. The SMILES string of the molecule is OC(NC1CCC(CCN2CCN(c3nccc4c3CCO4)CC2)CC1)c1ccc(Cl)cc1. The number of ether oxygens (including phenoxy) is 1. The molecule has 2 aliphatic heterocycles. The Bertz CT molecular complexity index is 909. The van der Waals surface area contributed by atoms with Gasteiger partial charge in [0.15, 0.2) is 0 Å². The van der Waals surface area contributed by atoms with Crippen molar-refractivity contribution in [3.8, 4) is 5.75 Å². The first kappa shape index (κ1) is 22.9. The highest BCUT2D eigenvalue weighted by molar-refractivity contribution is 6.30. The fourth-order valence-electron chi connectivity index (χ4n) is 5.50. The number of nitrogens with zero attached hydrogens (tertiary/aromatic N) is 3. The maximum Gasteiger partial charge on any atom is 0.135 e. The predicted molar refractivity (Wildman–Crippen MR) is 132 cm³/mol. The molecule has 5 rings (SSSR count). The third-order valence-corrected chi connectivity index (χ3v) is 7.80. The van der Waals surface area contributed by atoms with Gasteiger partial charge in [-0.15, -0.1) is 0 Å². The maximum absolute atomic E-state index is 10.5. The summed E-state index contributed by atoms with van der Waals surface area (Å²) in [6.07, 6.45) is 8.27. The Labute approximate surface area is 201 Å². The average Bonchev–Trinajstić information content (AvgIpc) is 3.34. The number of fused-ring (bicyclic) bond motifs is 1. The van der Waals surface area contributed by atoms with Crippen molar-refractivity contribution < 1.29 is 9.84 Å². The molecule has 1 aromatic heterocycles. The van der Waals surface area contributed by atoms with Crippen LogP contribution in [-0.2, 0) is 6.42 Å². The maximum atomic E-state index is 10.5. The number of aliphatic hydroxyl groups excluding tert-OH is 1. The van der Waals surface area contributed by atoms with Gasteiger partial charge in [0.05, 0.1) is 6.61 Å². The van der Waals surface area contributed by atoms with Crippen molar-refractivity contribution in [2.75, 3.05) is 44.2 Å². The van der Waals surface area contributed by atoms with Crippen LogP contribution in [0.2, 0.25) is 5.02 Å². The highest BCUT2D eigenvalue weighted by Gasteiger charge is 2.26. The van der Waals surface area contributed by atoms with Crippen molar-refractivity contribution in [3.63, 3.8) is 0 Å². The van der Waals surface area contributed by atoms with E-state index in [2.05, 4.69) is 20.1 Å². The molecule has 1 aliphatic carbocycles. The Balaban J connectivity index is 1.02. The third-order valence-electron chi connectivity index (χ3n) is 7.55. The number of halogens is 1. The molecule has 178 valence electrons. The molecule has 1 aromatic carbocycles. The van der Waals surface area contributed by atoms with E-state index < -0.39 is 6.23 Å². The van der Waals surface area contributed by atoms with Crippen LogP contribution in [0.15, 0.2) is 36.5 Å². The van der Waals surface area contributed by atoms with Crippen molar-refractivity contribution >= 4 is 17.4 Å². The van der Waals surface area contributed by atoms with Gasteiger partial charge in [-0.1, -0.05) is 23.7 Å². The lowest BCUT2D eigenvalue weighted by Gasteiger charge is -2.37. The predicted octanol–water partition coefficient (Wildman–Crippen LogP) is 4.02. The molecular formula is C26H35ClN4O2. The molecule has 0 radical (unpaired) electrons. The molecule has 0 spiro atoms. The molecule has 0 bridgehead atoms.